The van der Waals surface area contributed by atoms with Crippen molar-refractivity contribution in [2.75, 3.05) is 0 Å². The van der Waals surface area contributed by atoms with Crippen molar-refractivity contribution < 1.29 is 53.2 Å². The Bertz CT molecular complexity index is 2840. The van der Waals surface area contributed by atoms with Gasteiger partial charge in [0.15, 0.2) is 0 Å². The summed E-state index contributed by atoms with van der Waals surface area (Å²) < 4.78 is 71.1. The summed E-state index contributed by atoms with van der Waals surface area (Å²) in [6.07, 6.45) is 0. The molecule has 12 nitrogen and oxygen atoms in total. The standard InChI is InChI=1S/2C20H14N2O4S.Mn/c2*23-18-12-10-13-5-1-3-7-15(13)19(18)22-21-17-11-9-14-6-2-4-8-16(14)20(17)27(24,25)26;/h2*1-12,23H,(H,24,25,26);/q;;+2/p-2. The van der Waals surface area contributed by atoms with E-state index in [0.717, 1.165) is 10.8 Å². The van der Waals surface area contributed by atoms with Crippen molar-refractivity contribution in [1.82, 2.24) is 0 Å². The number of rotatable bonds is 6. The van der Waals surface area contributed by atoms with Crippen molar-refractivity contribution in [2.45, 2.75) is 9.79 Å². The Hall–Kier alpha value is -6.06. The van der Waals surface area contributed by atoms with Crippen molar-refractivity contribution in [3.8, 4) is 11.5 Å². The third kappa shape index (κ3) is 8.07. The molecular weight excluding hydrogens is 784 g/mol. The zero-order chi connectivity index (χ0) is 38.0. The molecule has 0 atom stereocenters. The van der Waals surface area contributed by atoms with Crippen LogP contribution in [0, 0.1) is 0 Å². The van der Waals surface area contributed by atoms with E-state index >= 15 is 0 Å². The molecule has 0 saturated carbocycles. The molecule has 0 unspecified atom stereocenters. The molecule has 0 spiro atoms. The molecule has 0 bridgehead atoms. The number of azo groups is 2. The molecule has 0 amide bonds. The minimum atomic E-state index is -4.78. The zero-order valence-corrected chi connectivity index (χ0v) is 31.0. The van der Waals surface area contributed by atoms with Crippen LogP contribution in [0.25, 0.3) is 43.1 Å². The molecular formula is C40H26MnN4O8S2. The molecule has 55 heavy (non-hydrogen) atoms. The molecule has 0 aliphatic rings. The monoisotopic (exact) mass is 809 g/mol. The van der Waals surface area contributed by atoms with Gasteiger partial charge in [0.1, 0.15) is 54.5 Å². The number of aromatic hydroxyl groups is 2. The first kappa shape index (κ1) is 38.7. The van der Waals surface area contributed by atoms with E-state index in [4.69, 9.17) is 0 Å². The van der Waals surface area contributed by atoms with E-state index in [1.807, 2.05) is 24.3 Å². The second-order valence-corrected chi connectivity index (χ2v) is 14.5. The van der Waals surface area contributed by atoms with Gasteiger partial charge in [-0.3, -0.25) is 0 Å². The van der Waals surface area contributed by atoms with Gasteiger partial charge in [0.2, 0.25) is 0 Å². The molecule has 8 aromatic carbocycles. The van der Waals surface area contributed by atoms with E-state index < -0.39 is 30.0 Å². The van der Waals surface area contributed by atoms with E-state index in [0.29, 0.717) is 21.5 Å². The minimum Gasteiger partial charge on any atom is -0.744 e. The van der Waals surface area contributed by atoms with Crippen LogP contribution in [-0.4, -0.2) is 36.2 Å². The van der Waals surface area contributed by atoms with E-state index in [-0.39, 0.29) is 62.1 Å². The van der Waals surface area contributed by atoms with E-state index in [9.17, 15) is 36.2 Å². The van der Waals surface area contributed by atoms with Gasteiger partial charge in [0, 0.05) is 21.5 Å². The molecule has 8 aromatic rings. The topological polar surface area (TPSA) is 204 Å². The van der Waals surface area contributed by atoms with Gasteiger partial charge in [-0.25, -0.2) is 16.8 Å². The average molecular weight is 810 g/mol. The van der Waals surface area contributed by atoms with Crippen LogP contribution >= 0.6 is 0 Å². The molecule has 15 heteroatoms. The van der Waals surface area contributed by atoms with Gasteiger partial charge in [-0.1, -0.05) is 121 Å². The SMILES string of the molecule is O=S(=O)([O-])c1c(N=Nc2c(O)ccc3ccccc23)ccc2ccccc12.O=S(=O)([O-])c1c(N=Nc2c(O)ccc3ccccc23)ccc2ccccc12.[Mn+2]. The van der Waals surface area contributed by atoms with Crippen molar-refractivity contribution in [3.05, 3.63) is 146 Å². The molecule has 0 aliphatic carbocycles. The quantitative estimate of drug-likeness (QED) is 0.0937. The van der Waals surface area contributed by atoms with Gasteiger partial charge in [-0.05, 0) is 45.8 Å². The smallest absolute Gasteiger partial charge is 0.744 e. The molecule has 273 valence electrons. The summed E-state index contributed by atoms with van der Waals surface area (Å²) in [4.78, 5) is -0.854. The third-order valence-electron chi connectivity index (χ3n) is 8.49. The molecule has 0 saturated heterocycles. The molecule has 0 fully saturated rings. The fraction of sp³-hybridized carbons (Fsp3) is 0. The van der Waals surface area contributed by atoms with Crippen LogP contribution in [0.15, 0.2) is 176 Å². The number of benzene rings is 8. The first-order chi connectivity index (χ1) is 25.9. The fourth-order valence-electron chi connectivity index (χ4n) is 6.05. The predicted molar refractivity (Wildman–Crippen MR) is 203 cm³/mol. The number of fused-ring (bicyclic) bond motifs is 4. The Kier molecular flexibility index (Phi) is 11.1. The average Bonchev–Trinajstić information content (AvgIpc) is 3.16. The van der Waals surface area contributed by atoms with E-state index in [1.54, 1.807) is 97.1 Å². The molecule has 1 radical (unpaired) electrons. The fourth-order valence-corrected chi connectivity index (χ4v) is 7.69. The largest absolute Gasteiger partial charge is 2.00 e. The molecule has 8 rings (SSSR count). The van der Waals surface area contributed by atoms with Crippen LogP contribution in [0.3, 0.4) is 0 Å². The van der Waals surface area contributed by atoms with Gasteiger partial charge >= 0.3 is 17.1 Å². The summed E-state index contributed by atoms with van der Waals surface area (Å²) in [6, 6.07) is 40.5. The van der Waals surface area contributed by atoms with E-state index in [2.05, 4.69) is 20.5 Å². The van der Waals surface area contributed by atoms with Crippen molar-refractivity contribution >= 4 is 86.1 Å². The number of phenols is 2. The Balaban J connectivity index is 0.000000184. The van der Waals surface area contributed by atoms with Gasteiger partial charge < -0.3 is 19.3 Å². The van der Waals surface area contributed by atoms with Gasteiger partial charge in [-0.2, -0.15) is 0 Å². The van der Waals surface area contributed by atoms with Gasteiger partial charge in [0.25, 0.3) is 0 Å². The molecule has 0 aliphatic heterocycles. The van der Waals surface area contributed by atoms with Crippen molar-refractivity contribution in [2.24, 2.45) is 20.5 Å². The Morgan fingerprint density at radius 1 is 0.382 bits per heavy atom. The van der Waals surface area contributed by atoms with Crippen LogP contribution in [0.5, 0.6) is 11.5 Å². The first-order valence-corrected chi connectivity index (χ1v) is 18.9. The second kappa shape index (κ2) is 15.7. The van der Waals surface area contributed by atoms with Crippen LogP contribution in [0.1, 0.15) is 0 Å². The molecule has 0 aromatic heterocycles. The number of hydrogen-bond acceptors (Lipinski definition) is 12. The summed E-state index contributed by atoms with van der Waals surface area (Å²) >= 11 is 0. The third-order valence-corrected chi connectivity index (χ3v) is 10.3. The maximum absolute atomic E-state index is 11.9. The van der Waals surface area contributed by atoms with Crippen LogP contribution in [-0.2, 0) is 37.3 Å². The summed E-state index contributed by atoms with van der Waals surface area (Å²) in [7, 11) is -9.57. The van der Waals surface area contributed by atoms with Gasteiger partial charge in [0.05, 0.1) is 9.79 Å². The number of phenolic OH excluding ortho intramolecular Hbond substituents is 2. The molecule has 2 N–H and O–H groups in total. The Morgan fingerprint density at radius 2 is 0.673 bits per heavy atom. The van der Waals surface area contributed by atoms with Crippen LogP contribution in [0.2, 0.25) is 0 Å². The van der Waals surface area contributed by atoms with Crippen LogP contribution < -0.4 is 0 Å². The Morgan fingerprint density at radius 3 is 1.02 bits per heavy atom. The van der Waals surface area contributed by atoms with Crippen molar-refractivity contribution in [3.63, 3.8) is 0 Å². The first-order valence-electron chi connectivity index (χ1n) is 16.1. The van der Waals surface area contributed by atoms with E-state index in [1.165, 1.54) is 24.3 Å². The zero-order valence-electron chi connectivity index (χ0n) is 28.2. The predicted octanol–water partition coefficient (Wildman–Crippen LogP) is 10.0. The second-order valence-electron chi connectivity index (χ2n) is 11.9. The maximum atomic E-state index is 11.9. The number of nitrogens with zero attached hydrogens (tertiary/aromatic N) is 4. The Labute approximate surface area is 325 Å². The van der Waals surface area contributed by atoms with Crippen molar-refractivity contribution in [1.29, 1.82) is 0 Å². The summed E-state index contributed by atoms with van der Waals surface area (Å²) in [5, 5.41) is 41.2. The minimum absolute atomic E-state index is 0. The summed E-state index contributed by atoms with van der Waals surface area (Å²) in [5.41, 5.74) is 0.262. The summed E-state index contributed by atoms with van der Waals surface area (Å²) in [6.45, 7) is 0. The van der Waals surface area contributed by atoms with Gasteiger partial charge in [-0.15, -0.1) is 20.5 Å². The van der Waals surface area contributed by atoms with Crippen LogP contribution in [0.4, 0.5) is 22.7 Å². The normalized spacial score (nSPS) is 12.0. The molecule has 0 heterocycles. The maximum Gasteiger partial charge on any atom is 2.00 e. The summed E-state index contributed by atoms with van der Waals surface area (Å²) in [5.74, 6) is -0.186. The number of hydrogen-bond donors (Lipinski definition) is 2.